The third-order valence-electron chi connectivity index (χ3n) is 6.99. The van der Waals surface area contributed by atoms with Crippen LogP contribution in [0.15, 0.2) is 54.6 Å². The molecule has 3 aromatic rings. The van der Waals surface area contributed by atoms with E-state index < -0.39 is 10.8 Å². The Kier molecular flexibility index (Phi) is 5.77. The molecule has 0 saturated heterocycles. The monoisotopic (exact) mass is 487 g/mol. The van der Waals surface area contributed by atoms with Crippen molar-refractivity contribution >= 4 is 40.7 Å². The number of ether oxygens (including phenoxy) is 1. The van der Waals surface area contributed by atoms with Crippen molar-refractivity contribution in [3.63, 3.8) is 0 Å². The summed E-state index contributed by atoms with van der Waals surface area (Å²) >= 11 is 6.47. The molecule has 7 heteroatoms. The number of benzene rings is 3. The Labute approximate surface area is 206 Å². The van der Waals surface area contributed by atoms with Gasteiger partial charge in [0.1, 0.15) is 5.92 Å². The van der Waals surface area contributed by atoms with Crippen LogP contribution in [-0.4, -0.2) is 23.8 Å². The molecule has 0 spiro atoms. The molecule has 35 heavy (non-hydrogen) atoms. The quantitative estimate of drug-likeness (QED) is 0.238. The summed E-state index contributed by atoms with van der Waals surface area (Å²) in [4.78, 5) is 37.0. The van der Waals surface area contributed by atoms with Gasteiger partial charge in [0, 0.05) is 28.3 Å². The Balaban J connectivity index is 1.82. The van der Waals surface area contributed by atoms with Crippen LogP contribution in [0.4, 0.5) is 5.69 Å². The first kappa shape index (κ1) is 23.0. The summed E-state index contributed by atoms with van der Waals surface area (Å²) in [5.74, 6) is -1.19. The van der Waals surface area contributed by atoms with Gasteiger partial charge in [-0.15, -0.1) is 0 Å². The molecular formula is C28H22ClNO5. The molecule has 6 nitrogen and oxygen atoms in total. The molecule has 0 saturated carbocycles. The van der Waals surface area contributed by atoms with Crippen LogP contribution in [0.2, 0.25) is 5.02 Å². The summed E-state index contributed by atoms with van der Waals surface area (Å²) < 4.78 is 5.15. The molecular weight excluding hydrogens is 466 g/mol. The van der Waals surface area contributed by atoms with Crippen molar-refractivity contribution in [3.05, 3.63) is 107 Å². The van der Waals surface area contributed by atoms with Crippen LogP contribution in [0, 0.1) is 26.5 Å². The number of halogens is 1. The number of hydrogen-bond donors (Lipinski definition) is 0. The van der Waals surface area contributed by atoms with E-state index in [2.05, 4.69) is 0 Å². The summed E-state index contributed by atoms with van der Waals surface area (Å²) in [7, 11) is 1.37. The van der Waals surface area contributed by atoms with Gasteiger partial charge in [-0.3, -0.25) is 19.7 Å². The Morgan fingerprint density at radius 1 is 1.03 bits per heavy atom. The minimum absolute atomic E-state index is 0.00544. The van der Waals surface area contributed by atoms with Crippen LogP contribution in [0.5, 0.6) is 0 Å². The molecule has 3 aromatic carbocycles. The molecule has 0 fully saturated rings. The lowest BCUT2D eigenvalue weighted by Gasteiger charge is -2.27. The number of nitrogens with zero attached hydrogens (tertiary/aromatic N) is 1. The second-order valence-electron chi connectivity index (χ2n) is 8.91. The maximum atomic E-state index is 13.6. The van der Waals surface area contributed by atoms with Crippen molar-refractivity contribution in [2.45, 2.75) is 25.7 Å². The molecule has 2 aliphatic rings. The lowest BCUT2D eigenvalue weighted by atomic mass is 9.76. The van der Waals surface area contributed by atoms with E-state index in [0.717, 1.165) is 38.4 Å². The zero-order valence-electron chi connectivity index (χ0n) is 19.2. The molecule has 0 heterocycles. The molecule has 0 radical (unpaired) electrons. The zero-order chi connectivity index (χ0) is 24.9. The van der Waals surface area contributed by atoms with Gasteiger partial charge in [0.05, 0.1) is 12.0 Å². The third-order valence-corrected chi connectivity index (χ3v) is 7.32. The van der Waals surface area contributed by atoms with E-state index in [-0.39, 0.29) is 23.4 Å². The van der Waals surface area contributed by atoms with E-state index in [9.17, 15) is 19.7 Å². The van der Waals surface area contributed by atoms with Crippen molar-refractivity contribution in [1.82, 2.24) is 0 Å². The molecule has 0 bridgehead atoms. The third kappa shape index (κ3) is 3.74. The highest BCUT2D eigenvalue weighted by atomic mass is 35.5. The van der Waals surface area contributed by atoms with Crippen LogP contribution in [0.25, 0.3) is 11.6 Å². The smallest absolute Gasteiger partial charge is 0.317 e. The SMILES string of the molecule is COC(=O)C1C=c2c(Cl)cccc2=c2ccc3c(c21)CCC(C)C=3C(=O)c1ccc([N+](=O)[O-])cc1. The molecule has 2 unspecified atom stereocenters. The lowest BCUT2D eigenvalue weighted by molar-refractivity contribution is -0.384. The van der Waals surface area contributed by atoms with Gasteiger partial charge in [0.2, 0.25) is 0 Å². The minimum atomic E-state index is -0.638. The molecule has 0 aromatic heterocycles. The highest BCUT2D eigenvalue weighted by molar-refractivity contribution is 6.30. The van der Waals surface area contributed by atoms with Gasteiger partial charge < -0.3 is 4.74 Å². The van der Waals surface area contributed by atoms with Gasteiger partial charge in [0.25, 0.3) is 5.69 Å². The van der Waals surface area contributed by atoms with Gasteiger partial charge in [-0.2, -0.15) is 0 Å². The first-order valence-corrected chi connectivity index (χ1v) is 11.7. The number of rotatable bonds is 4. The number of non-ortho nitro benzene ring substituents is 1. The van der Waals surface area contributed by atoms with Crippen molar-refractivity contribution in [1.29, 1.82) is 0 Å². The van der Waals surface area contributed by atoms with Crippen molar-refractivity contribution in [3.8, 4) is 0 Å². The van der Waals surface area contributed by atoms with Crippen LogP contribution in [0.3, 0.4) is 0 Å². The van der Waals surface area contributed by atoms with Crippen LogP contribution in [0.1, 0.15) is 40.7 Å². The van der Waals surface area contributed by atoms with Crippen LogP contribution in [-0.2, 0) is 16.0 Å². The van der Waals surface area contributed by atoms with Crippen molar-refractivity contribution in [2.24, 2.45) is 5.92 Å². The number of esters is 1. The van der Waals surface area contributed by atoms with Crippen molar-refractivity contribution < 1.29 is 19.2 Å². The largest absolute Gasteiger partial charge is 0.468 e. The van der Waals surface area contributed by atoms with E-state index in [1.165, 1.54) is 31.4 Å². The number of fused-ring (bicyclic) bond motifs is 4. The number of methoxy groups -OCH3 is 1. The highest BCUT2D eigenvalue weighted by Gasteiger charge is 2.31. The van der Waals surface area contributed by atoms with Gasteiger partial charge in [-0.25, -0.2) is 0 Å². The standard InChI is InChI=1S/C28H22ClNO5/c1-15-6-11-21-20(25(15)27(31)16-7-9-17(10-8-16)30(33)34)13-12-19-18-4-3-5-24(29)22(18)14-23(26(19)21)28(32)35-2/h3-5,7-10,12-15,23H,6,11H2,1-2H3. The highest BCUT2D eigenvalue weighted by Crippen LogP contribution is 2.32. The van der Waals surface area contributed by atoms with E-state index in [4.69, 9.17) is 16.3 Å². The Hall–Kier alpha value is -3.77. The number of hydrogen-bond acceptors (Lipinski definition) is 5. The predicted octanol–water partition coefficient (Wildman–Crippen LogP) is 4.20. The number of carbonyl (C=O) groups excluding carboxylic acids is 2. The fourth-order valence-electron chi connectivity index (χ4n) is 5.29. The predicted molar refractivity (Wildman–Crippen MR) is 132 cm³/mol. The number of carbonyl (C=O) groups is 2. The number of nitro groups is 1. The summed E-state index contributed by atoms with van der Waals surface area (Å²) in [6.07, 6.45) is 3.31. The first-order valence-electron chi connectivity index (χ1n) is 11.4. The van der Waals surface area contributed by atoms with Gasteiger partial charge in [0.15, 0.2) is 5.78 Å². The summed E-state index contributed by atoms with van der Waals surface area (Å²) in [6, 6.07) is 15.2. The normalized spacial score (nSPS) is 18.0. The molecule has 2 aliphatic carbocycles. The maximum absolute atomic E-state index is 13.6. The van der Waals surface area contributed by atoms with Gasteiger partial charge in [-0.05, 0) is 69.0 Å². The summed E-state index contributed by atoms with van der Waals surface area (Å²) in [5.41, 5.74) is 2.80. The van der Waals surface area contributed by atoms with E-state index >= 15 is 0 Å². The number of nitro benzene ring substituents is 1. The van der Waals surface area contributed by atoms with Crippen molar-refractivity contribution in [2.75, 3.05) is 7.11 Å². The van der Waals surface area contributed by atoms with E-state index in [0.29, 0.717) is 22.6 Å². The molecule has 2 atom stereocenters. The minimum Gasteiger partial charge on any atom is -0.468 e. The Morgan fingerprint density at radius 2 is 1.74 bits per heavy atom. The van der Waals surface area contributed by atoms with Crippen LogP contribution >= 0.6 is 11.6 Å². The maximum Gasteiger partial charge on any atom is 0.317 e. The molecule has 0 N–H and O–H groups in total. The fraction of sp³-hybridized carbons (Fsp3) is 0.214. The number of ketones is 1. The molecule has 0 amide bonds. The second-order valence-corrected chi connectivity index (χ2v) is 9.32. The lowest BCUT2D eigenvalue weighted by Crippen LogP contribution is -2.32. The van der Waals surface area contributed by atoms with Gasteiger partial charge >= 0.3 is 5.97 Å². The molecule has 5 rings (SSSR count). The van der Waals surface area contributed by atoms with E-state index in [1.807, 2.05) is 37.3 Å². The summed E-state index contributed by atoms with van der Waals surface area (Å²) in [5, 5.41) is 15.1. The number of Topliss-reactive ketones (excluding diaryl/α,β-unsaturated/α-hetero) is 1. The van der Waals surface area contributed by atoms with Crippen LogP contribution < -0.4 is 10.4 Å². The van der Waals surface area contributed by atoms with Gasteiger partial charge in [-0.1, -0.05) is 48.9 Å². The summed E-state index contributed by atoms with van der Waals surface area (Å²) in [6.45, 7) is 2.01. The Morgan fingerprint density at radius 3 is 2.43 bits per heavy atom. The average molecular weight is 488 g/mol. The Bertz CT molecular complexity index is 1630. The first-order chi connectivity index (χ1) is 16.8. The average Bonchev–Trinajstić information content (AvgIpc) is 2.87. The fourth-order valence-corrected chi connectivity index (χ4v) is 5.52. The topological polar surface area (TPSA) is 86.5 Å². The molecule has 176 valence electrons. The van der Waals surface area contributed by atoms with E-state index in [1.54, 1.807) is 6.07 Å². The zero-order valence-corrected chi connectivity index (χ0v) is 20.0. The molecule has 0 aliphatic heterocycles. The second kappa shape index (κ2) is 8.78.